The minimum absolute atomic E-state index is 0.0524. The first-order valence-electron chi connectivity index (χ1n) is 6.17. The van der Waals surface area contributed by atoms with Crippen LogP contribution in [0.25, 0.3) is 0 Å². The maximum Gasteiger partial charge on any atom is 0.147 e. The van der Waals surface area contributed by atoms with Crippen LogP contribution in [0.3, 0.4) is 0 Å². The molecule has 1 unspecified atom stereocenters. The highest BCUT2D eigenvalue weighted by Gasteiger charge is 2.11. The van der Waals surface area contributed by atoms with Gasteiger partial charge in [0.2, 0.25) is 0 Å². The van der Waals surface area contributed by atoms with E-state index in [0.717, 1.165) is 17.2 Å². The Labute approximate surface area is 108 Å². The van der Waals surface area contributed by atoms with Gasteiger partial charge in [0.25, 0.3) is 0 Å². The summed E-state index contributed by atoms with van der Waals surface area (Å²) >= 11 is 0. The lowest BCUT2D eigenvalue weighted by molar-refractivity contribution is 0.513. The van der Waals surface area contributed by atoms with Gasteiger partial charge in [-0.05, 0) is 33.3 Å². The Morgan fingerprint density at radius 1 is 1.11 bits per heavy atom. The smallest absolute Gasteiger partial charge is 0.147 e. The molecule has 0 spiro atoms. The van der Waals surface area contributed by atoms with E-state index in [1.807, 2.05) is 18.5 Å². The number of nitrogens with two attached hydrogens (primary N) is 1. The summed E-state index contributed by atoms with van der Waals surface area (Å²) in [6, 6.07) is 6.37. The van der Waals surface area contributed by atoms with Crippen molar-refractivity contribution in [2.45, 2.75) is 40.3 Å². The normalized spacial score (nSPS) is 12.7. The van der Waals surface area contributed by atoms with Gasteiger partial charge in [-0.2, -0.15) is 5.10 Å². The molecule has 0 bridgehead atoms. The molecule has 2 rings (SSSR count). The molecule has 0 saturated carbocycles. The lowest BCUT2D eigenvalue weighted by atomic mass is 10.0. The highest BCUT2D eigenvalue weighted by Crippen LogP contribution is 2.17. The van der Waals surface area contributed by atoms with E-state index in [-0.39, 0.29) is 6.04 Å². The number of benzene rings is 1. The van der Waals surface area contributed by atoms with Crippen molar-refractivity contribution >= 4 is 0 Å². The van der Waals surface area contributed by atoms with Crippen molar-refractivity contribution in [3.63, 3.8) is 0 Å². The quantitative estimate of drug-likeness (QED) is 0.900. The van der Waals surface area contributed by atoms with E-state index in [2.05, 4.69) is 42.1 Å². The molecule has 1 aromatic carbocycles. The van der Waals surface area contributed by atoms with Crippen molar-refractivity contribution in [2.24, 2.45) is 5.73 Å². The average Bonchev–Trinajstić information content (AvgIpc) is 2.56. The molecule has 1 atom stereocenters. The average molecular weight is 244 g/mol. The van der Waals surface area contributed by atoms with Gasteiger partial charge >= 0.3 is 0 Å². The zero-order chi connectivity index (χ0) is 13.3. The van der Waals surface area contributed by atoms with Gasteiger partial charge in [-0.15, -0.1) is 0 Å². The van der Waals surface area contributed by atoms with Crippen LogP contribution in [0.4, 0.5) is 0 Å². The van der Waals surface area contributed by atoms with Crippen molar-refractivity contribution in [3.8, 4) is 0 Å². The standard InChI is InChI=1S/C14H20N4/c1-9-5-10(2)7-13(6-9)14(15)8-18-12(4)16-11(3)17-18/h5-7,14H,8,15H2,1-4H3. The van der Waals surface area contributed by atoms with Gasteiger partial charge in [0.05, 0.1) is 6.54 Å². The molecule has 4 nitrogen and oxygen atoms in total. The van der Waals surface area contributed by atoms with Crippen LogP contribution in [0.1, 0.15) is 34.4 Å². The zero-order valence-electron chi connectivity index (χ0n) is 11.4. The molecule has 0 aliphatic rings. The van der Waals surface area contributed by atoms with Crippen LogP contribution in [0, 0.1) is 27.7 Å². The first-order chi connectivity index (χ1) is 8.45. The molecular formula is C14H20N4. The van der Waals surface area contributed by atoms with Gasteiger partial charge < -0.3 is 5.73 Å². The van der Waals surface area contributed by atoms with Gasteiger partial charge in [-0.3, -0.25) is 0 Å². The number of rotatable bonds is 3. The minimum atomic E-state index is -0.0524. The van der Waals surface area contributed by atoms with E-state index in [1.165, 1.54) is 11.1 Å². The fourth-order valence-corrected chi connectivity index (χ4v) is 2.25. The minimum Gasteiger partial charge on any atom is -0.322 e. The van der Waals surface area contributed by atoms with Gasteiger partial charge in [-0.1, -0.05) is 29.3 Å². The van der Waals surface area contributed by atoms with Crippen LogP contribution in [0.5, 0.6) is 0 Å². The maximum absolute atomic E-state index is 6.25. The first kappa shape index (κ1) is 12.8. The molecule has 4 heteroatoms. The molecule has 96 valence electrons. The Morgan fingerprint density at radius 2 is 1.72 bits per heavy atom. The fourth-order valence-electron chi connectivity index (χ4n) is 2.25. The van der Waals surface area contributed by atoms with Crippen LogP contribution < -0.4 is 5.73 Å². The Hall–Kier alpha value is -1.68. The summed E-state index contributed by atoms with van der Waals surface area (Å²) in [4.78, 5) is 4.29. The monoisotopic (exact) mass is 244 g/mol. The van der Waals surface area contributed by atoms with Gasteiger partial charge in [-0.25, -0.2) is 9.67 Å². The number of hydrogen-bond acceptors (Lipinski definition) is 3. The number of hydrogen-bond donors (Lipinski definition) is 1. The predicted octanol–water partition coefficient (Wildman–Crippen LogP) is 2.21. The second-order valence-electron chi connectivity index (χ2n) is 4.92. The van der Waals surface area contributed by atoms with Gasteiger partial charge in [0.15, 0.2) is 0 Å². The van der Waals surface area contributed by atoms with Crippen molar-refractivity contribution in [1.82, 2.24) is 14.8 Å². The Balaban J connectivity index is 2.21. The second kappa shape index (κ2) is 4.90. The maximum atomic E-state index is 6.25. The first-order valence-corrected chi connectivity index (χ1v) is 6.17. The van der Waals surface area contributed by atoms with Crippen LogP contribution in [0.15, 0.2) is 18.2 Å². The molecule has 18 heavy (non-hydrogen) atoms. The van der Waals surface area contributed by atoms with Crippen molar-refractivity contribution in [2.75, 3.05) is 0 Å². The van der Waals surface area contributed by atoms with Crippen molar-refractivity contribution < 1.29 is 0 Å². The van der Waals surface area contributed by atoms with Gasteiger partial charge in [0, 0.05) is 6.04 Å². The summed E-state index contributed by atoms with van der Waals surface area (Å²) < 4.78 is 1.87. The third-order valence-corrected chi connectivity index (χ3v) is 3.00. The lowest BCUT2D eigenvalue weighted by Crippen LogP contribution is -2.19. The van der Waals surface area contributed by atoms with Crippen LogP contribution in [-0.4, -0.2) is 14.8 Å². The molecule has 0 fully saturated rings. The van der Waals surface area contributed by atoms with E-state index in [9.17, 15) is 0 Å². The van der Waals surface area contributed by atoms with Crippen LogP contribution in [0.2, 0.25) is 0 Å². The molecular weight excluding hydrogens is 224 g/mol. The molecule has 1 aromatic heterocycles. The molecule has 1 heterocycles. The van der Waals surface area contributed by atoms with E-state index < -0.39 is 0 Å². The Bertz CT molecular complexity index is 537. The number of aryl methyl sites for hydroxylation is 4. The SMILES string of the molecule is Cc1cc(C)cc(C(N)Cn2nc(C)nc2C)c1. The topological polar surface area (TPSA) is 56.7 Å². The third kappa shape index (κ3) is 2.76. The molecule has 2 N–H and O–H groups in total. The lowest BCUT2D eigenvalue weighted by Gasteiger charge is -2.14. The van der Waals surface area contributed by atoms with E-state index >= 15 is 0 Å². The summed E-state index contributed by atoms with van der Waals surface area (Å²) in [5.74, 6) is 1.70. The number of nitrogens with zero attached hydrogens (tertiary/aromatic N) is 3. The largest absolute Gasteiger partial charge is 0.322 e. The summed E-state index contributed by atoms with van der Waals surface area (Å²) in [5.41, 5.74) is 9.89. The highest BCUT2D eigenvalue weighted by molar-refractivity contribution is 5.30. The highest BCUT2D eigenvalue weighted by atomic mass is 15.3. The molecule has 2 aromatic rings. The van der Waals surface area contributed by atoms with E-state index in [0.29, 0.717) is 6.54 Å². The summed E-state index contributed by atoms with van der Waals surface area (Å²) in [7, 11) is 0. The molecule has 0 aliphatic carbocycles. The molecule has 0 aliphatic heterocycles. The summed E-state index contributed by atoms with van der Waals surface area (Å²) in [6.07, 6.45) is 0. The predicted molar refractivity (Wildman–Crippen MR) is 72.3 cm³/mol. The Morgan fingerprint density at radius 3 is 2.22 bits per heavy atom. The second-order valence-corrected chi connectivity index (χ2v) is 4.92. The third-order valence-electron chi connectivity index (χ3n) is 3.00. The van der Waals surface area contributed by atoms with Crippen LogP contribution >= 0.6 is 0 Å². The Kier molecular flexibility index (Phi) is 3.48. The van der Waals surface area contributed by atoms with E-state index in [4.69, 9.17) is 5.73 Å². The summed E-state index contributed by atoms with van der Waals surface area (Å²) in [6.45, 7) is 8.69. The van der Waals surface area contributed by atoms with Gasteiger partial charge in [0.1, 0.15) is 11.6 Å². The summed E-state index contributed by atoms with van der Waals surface area (Å²) in [5, 5.41) is 4.35. The molecule has 0 saturated heterocycles. The van der Waals surface area contributed by atoms with Crippen molar-refractivity contribution in [3.05, 3.63) is 46.5 Å². The molecule has 0 radical (unpaired) electrons. The number of aromatic nitrogens is 3. The van der Waals surface area contributed by atoms with Crippen LogP contribution in [-0.2, 0) is 6.54 Å². The zero-order valence-corrected chi connectivity index (χ0v) is 11.4. The molecule has 0 amide bonds. The fraction of sp³-hybridized carbons (Fsp3) is 0.429. The van der Waals surface area contributed by atoms with Crippen molar-refractivity contribution in [1.29, 1.82) is 0 Å². The van der Waals surface area contributed by atoms with E-state index in [1.54, 1.807) is 0 Å².